The van der Waals surface area contributed by atoms with Gasteiger partial charge in [0.15, 0.2) is 0 Å². The van der Waals surface area contributed by atoms with Gasteiger partial charge in [0, 0.05) is 11.6 Å². The van der Waals surface area contributed by atoms with Crippen LogP contribution in [0.5, 0.6) is 0 Å². The lowest BCUT2D eigenvalue weighted by Crippen LogP contribution is -2.36. The molecule has 0 atom stereocenters. The topological polar surface area (TPSA) is 58.2 Å². The minimum Gasteiger partial charge on any atom is -0.347 e. The minimum absolute atomic E-state index is 0.127. The van der Waals surface area contributed by atoms with Gasteiger partial charge in [-0.15, -0.1) is 0 Å². The summed E-state index contributed by atoms with van der Waals surface area (Å²) < 4.78 is 38.9. The van der Waals surface area contributed by atoms with Crippen LogP contribution in [0.2, 0.25) is 5.02 Å². The molecule has 2 rings (SSSR count). The Labute approximate surface area is 147 Å². The summed E-state index contributed by atoms with van der Waals surface area (Å²) in [5.41, 5.74) is -0.689. The van der Waals surface area contributed by atoms with Gasteiger partial charge in [0.1, 0.15) is 0 Å². The molecule has 0 aliphatic carbocycles. The molecule has 0 radical (unpaired) electrons. The number of hydrogen-bond donors (Lipinski definition) is 2. The van der Waals surface area contributed by atoms with Crippen LogP contribution < -0.4 is 10.6 Å². The predicted octanol–water partition coefficient (Wildman–Crippen LogP) is 3.66. The summed E-state index contributed by atoms with van der Waals surface area (Å²) in [5.74, 6) is -2.19. The van der Waals surface area contributed by atoms with Crippen LogP contribution >= 0.6 is 11.6 Å². The maximum Gasteiger partial charge on any atom is 0.418 e. The van der Waals surface area contributed by atoms with Gasteiger partial charge in [-0.3, -0.25) is 9.59 Å². The second-order valence-electron chi connectivity index (χ2n) is 5.13. The molecule has 0 unspecified atom stereocenters. The van der Waals surface area contributed by atoms with Crippen LogP contribution in [-0.2, 0) is 22.2 Å². The molecule has 2 aromatic carbocycles. The Balaban J connectivity index is 1.96. The van der Waals surface area contributed by atoms with E-state index in [-0.39, 0.29) is 11.6 Å². The van der Waals surface area contributed by atoms with E-state index in [4.69, 9.17) is 11.6 Å². The van der Waals surface area contributed by atoms with Gasteiger partial charge in [-0.1, -0.05) is 41.9 Å². The minimum atomic E-state index is -4.71. The molecule has 2 aromatic rings. The fourth-order valence-corrected chi connectivity index (χ4v) is 2.26. The van der Waals surface area contributed by atoms with Crippen molar-refractivity contribution in [3.8, 4) is 0 Å². The predicted molar refractivity (Wildman–Crippen MR) is 88.2 cm³/mol. The standard InChI is InChI=1S/C17H14ClF3N2O2/c18-12-6-7-14(13(10-12)17(19,20)21)23-16(25)15(24)22-9-8-11-4-2-1-3-5-11/h1-7,10H,8-9H2,(H,22,24)(H,23,25). The zero-order chi connectivity index (χ0) is 18.4. The number of amides is 2. The van der Waals surface area contributed by atoms with Crippen molar-refractivity contribution in [3.05, 3.63) is 64.7 Å². The molecule has 0 bridgehead atoms. The Bertz CT molecular complexity index is 764. The fraction of sp³-hybridized carbons (Fsp3) is 0.176. The van der Waals surface area contributed by atoms with Gasteiger partial charge in [-0.25, -0.2) is 0 Å². The van der Waals surface area contributed by atoms with Crippen molar-refractivity contribution in [2.75, 3.05) is 11.9 Å². The normalized spacial score (nSPS) is 11.0. The first-order valence-electron chi connectivity index (χ1n) is 7.27. The van der Waals surface area contributed by atoms with E-state index in [2.05, 4.69) is 5.32 Å². The van der Waals surface area contributed by atoms with Crippen molar-refractivity contribution < 1.29 is 22.8 Å². The third-order valence-corrected chi connectivity index (χ3v) is 3.52. The highest BCUT2D eigenvalue weighted by Crippen LogP contribution is 2.36. The van der Waals surface area contributed by atoms with Gasteiger partial charge >= 0.3 is 18.0 Å². The molecule has 0 saturated carbocycles. The Kier molecular flexibility index (Phi) is 6.03. The maximum absolute atomic E-state index is 13.0. The number of alkyl halides is 3. The number of halogens is 4. The number of carbonyl (C=O) groups excluding carboxylic acids is 2. The Hall–Kier alpha value is -2.54. The summed E-state index contributed by atoms with van der Waals surface area (Å²) in [6.07, 6.45) is -4.22. The first kappa shape index (κ1) is 18.8. The zero-order valence-corrected chi connectivity index (χ0v) is 13.6. The van der Waals surface area contributed by atoms with Crippen LogP contribution in [0.25, 0.3) is 0 Å². The van der Waals surface area contributed by atoms with E-state index in [1.54, 1.807) is 0 Å². The Morgan fingerprint density at radius 3 is 2.32 bits per heavy atom. The lowest BCUT2D eigenvalue weighted by molar-refractivity contribution is -0.138. The largest absolute Gasteiger partial charge is 0.418 e. The quantitative estimate of drug-likeness (QED) is 0.807. The van der Waals surface area contributed by atoms with Gasteiger partial charge < -0.3 is 10.6 Å². The monoisotopic (exact) mass is 370 g/mol. The van der Waals surface area contributed by atoms with Crippen molar-refractivity contribution in [3.63, 3.8) is 0 Å². The molecular weight excluding hydrogens is 357 g/mol. The first-order chi connectivity index (χ1) is 11.8. The smallest absolute Gasteiger partial charge is 0.347 e. The van der Waals surface area contributed by atoms with Crippen LogP contribution in [0.1, 0.15) is 11.1 Å². The number of benzene rings is 2. The molecule has 0 aromatic heterocycles. The third-order valence-electron chi connectivity index (χ3n) is 3.28. The van der Waals surface area contributed by atoms with Gasteiger partial charge in [0.25, 0.3) is 0 Å². The zero-order valence-electron chi connectivity index (χ0n) is 12.9. The average Bonchev–Trinajstić information content (AvgIpc) is 2.56. The Morgan fingerprint density at radius 1 is 1.00 bits per heavy atom. The molecule has 2 N–H and O–H groups in total. The Morgan fingerprint density at radius 2 is 1.68 bits per heavy atom. The van der Waals surface area contributed by atoms with E-state index in [1.807, 2.05) is 35.6 Å². The number of nitrogens with one attached hydrogen (secondary N) is 2. The number of hydrogen-bond acceptors (Lipinski definition) is 2. The second kappa shape index (κ2) is 8.02. The summed E-state index contributed by atoms with van der Waals surface area (Å²) in [5, 5.41) is 4.20. The average molecular weight is 371 g/mol. The summed E-state index contributed by atoms with van der Waals surface area (Å²) in [6.45, 7) is 0.184. The third kappa shape index (κ3) is 5.49. The highest BCUT2D eigenvalue weighted by molar-refractivity contribution is 6.39. The van der Waals surface area contributed by atoms with E-state index >= 15 is 0 Å². The molecule has 8 heteroatoms. The summed E-state index contributed by atoms with van der Waals surface area (Å²) in [6, 6.07) is 12.1. The van der Waals surface area contributed by atoms with Crippen LogP contribution in [0.3, 0.4) is 0 Å². The molecule has 0 spiro atoms. The second-order valence-corrected chi connectivity index (χ2v) is 5.57. The molecular formula is C17H14ClF3N2O2. The van der Waals surface area contributed by atoms with Crippen molar-refractivity contribution in [2.45, 2.75) is 12.6 Å². The van der Waals surface area contributed by atoms with Crippen molar-refractivity contribution in [1.29, 1.82) is 0 Å². The van der Waals surface area contributed by atoms with Crippen molar-refractivity contribution in [1.82, 2.24) is 5.32 Å². The van der Waals surface area contributed by atoms with E-state index in [0.717, 1.165) is 11.6 Å². The molecule has 0 aliphatic heterocycles. The number of rotatable bonds is 4. The molecule has 25 heavy (non-hydrogen) atoms. The molecule has 0 heterocycles. The molecule has 132 valence electrons. The molecule has 0 saturated heterocycles. The van der Waals surface area contributed by atoms with Crippen LogP contribution in [0, 0.1) is 0 Å². The van der Waals surface area contributed by atoms with Crippen molar-refractivity contribution in [2.24, 2.45) is 0 Å². The highest BCUT2D eigenvalue weighted by Gasteiger charge is 2.34. The van der Waals surface area contributed by atoms with E-state index in [9.17, 15) is 22.8 Å². The highest BCUT2D eigenvalue weighted by atomic mass is 35.5. The van der Waals surface area contributed by atoms with Gasteiger partial charge in [0.05, 0.1) is 11.3 Å². The molecule has 4 nitrogen and oxygen atoms in total. The van der Waals surface area contributed by atoms with E-state index in [1.165, 1.54) is 6.07 Å². The lowest BCUT2D eigenvalue weighted by Gasteiger charge is -2.14. The van der Waals surface area contributed by atoms with E-state index < -0.39 is 29.2 Å². The van der Waals surface area contributed by atoms with Gasteiger partial charge in [0.2, 0.25) is 0 Å². The lowest BCUT2D eigenvalue weighted by atomic mass is 10.1. The number of anilines is 1. The molecule has 0 fully saturated rings. The summed E-state index contributed by atoms with van der Waals surface area (Å²) in [7, 11) is 0. The number of carbonyl (C=O) groups is 2. The maximum atomic E-state index is 13.0. The van der Waals surface area contributed by atoms with E-state index in [0.29, 0.717) is 12.5 Å². The SMILES string of the molecule is O=C(NCCc1ccccc1)C(=O)Nc1ccc(Cl)cc1C(F)(F)F. The fourth-order valence-electron chi connectivity index (χ4n) is 2.08. The van der Waals surface area contributed by atoms with Crippen molar-refractivity contribution >= 4 is 29.1 Å². The molecule has 0 aliphatic rings. The van der Waals surface area contributed by atoms with Gasteiger partial charge in [-0.05, 0) is 30.2 Å². The molecule has 2 amide bonds. The van der Waals surface area contributed by atoms with Gasteiger partial charge in [-0.2, -0.15) is 13.2 Å². The first-order valence-corrected chi connectivity index (χ1v) is 7.65. The summed E-state index contributed by atoms with van der Waals surface area (Å²) >= 11 is 5.56. The van der Waals surface area contributed by atoms with Crippen LogP contribution in [0.4, 0.5) is 18.9 Å². The van der Waals surface area contributed by atoms with Crippen LogP contribution in [-0.4, -0.2) is 18.4 Å². The summed E-state index contributed by atoms with van der Waals surface area (Å²) in [4.78, 5) is 23.5. The van der Waals surface area contributed by atoms with Crippen LogP contribution in [0.15, 0.2) is 48.5 Å².